The second-order valence-corrected chi connectivity index (χ2v) is 4.66. The Morgan fingerprint density at radius 3 is 2.44 bits per heavy atom. The molecular weight excluding hydrogens is 210 g/mol. The molecule has 0 saturated heterocycles. The minimum Gasteiger partial charge on any atom is -0.481 e. The summed E-state index contributed by atoms with van der Waals surface area (Å²) >= 11 is 0. The van der Waals surface area contributed by atoms with Crippen LogP contribution in [0, 0.1) is 11.8 Å². The predicted molar refractivity (Wildman–Crippen MR) is 57.8 cm³/mol. The quantitative estimate of drug-likeness (QED) is 0.614. The van der Waals surface area contributed by atoms with Crippen LogP contribution in [0.15, 0.2) is 0 Å². The van der Waals surface area contributed by atoms with Crippen molar-refractivity contribution in [2.45, 2.75) is 38.6 Å². The first-order chi connectivity index (χ1) is 7.43. The van der Waals surface area contributed by atoms with E-state index in [1.165, 1.54) is 0 Å². The van der Waals surface area contributed by atoms with Crippen LogP contribution in [-0.4, -0.2) is 34.2 Å². The zero-order valence-electron chi connectivity index (χ0n) is 9.69. The lowest BCUT2D eigenvalue weighted by Crippen LogP contribution is -2.47. The van der Waals surface area contributed by atoms with Gasteiger partial charge in [-0.3, -0.25) is 9.59 Å². The van der Waals surface area contributed by atoms with Crippen LogP contribution in [0.5, 0.6) is 0 Å². The van der Waals surface area contributed by atoms with Crippen LogP contribution >= 0.6 is 0 Å². The van der Waals surface area contributed by atoms with E-state index in [1.807, 2.05) is 13.8 Å². The molecule has 5 heteroatoms. The highest BCUT2D eigenvalue weighted by molar-refractivity contribution is 5.89. The lowest BCUT2D eigenvalue weighted by atomic mass is 9.94. The van der Waals surface area contributed by atoms with Crippen LogP contribution in [0.25, 0.3) is 0 Å². The van der Waals surface area contributed by atoms with Gasteiger partial charge >= 0.3 is 5.97 Å². The maximum absolute atomic E-state index is 11.7. The summed E-state index contributed by atoms with van der Waals surface area (Å²) in [6, 6.07) is 0. The fraction of sp³-hybridized carbons (Fsp3) is 0.818. The molecule has 1 rings (SSSR count). The summed E-state index contributed by atoms with van der Waals surface area (Å²) in [4.78, 5) is 22.3. The Labute approximate surface area is 94.8 Å². The number of carboxylic acids is 1. The zero-order chi connectivity index (χ0) is 12.3. The number of hydrogen-bond acceptors (Lipinski definition) is 3. The van der Waals surface area contributed by atoms with Crippen molar-refractivity contribution in [3.63, 3.8) is 0 Å². The summed E-state index contributed by atoms with van der Waals surface area (Å²) in [6.45, 7) is 3.80. The number of carbonyl (C=O) groups excluding carboxylic acids is 1. The lowest BCUT2D eigenvalue weighted by molar-refractivity contribution is -0.140. The van der Waals surface area contributed by atoms with Crippen molar-refractivity contribution in [2.24, 2.45) is 11.8 Å². The number of carbonyl (C=O) groups is 2. The van der Waals surface area contributed by atoms with Gasteiger partial charge in [0.2, 0.25) is 5.91 Å². The van der Waals surface area contributed by atoms with Crippen molar-refractivity contribution >= 4 is 11.9 Å². The van der Waals surface area contributed by atoms with Crippen molar-refractivity contribution in [1.29, 1.82) is 0 Å². The van der Waals surface area contributed by atoms with E-state index >= 15 is 0 Å². The molecular formula is C11H19NO4. The molecule has 1 aliphatic rings. The van der Waals surface area contributed by atoms with Gasteiger partial charge in [0.25, 0.3) is 0 Å². The number of nitrogens with one attached hydrogen (secondary N) is 1. The van der Waals surface area contributed by atoms with E-state index in [4.69, 9.17) is 10.2 Å². The Morgan fingerprint density at radius 2 is 2.06 bits per heavy atom. The van der Waals surface area contributed by atoms with E-state index < -0.39 is 17.4 Å². The van der Waals surface area contributed by atoms with Crippen LogP contribution in [0.4, 0.5) is 0 Å². The van der Waals surface area contributed by atoms with Crippen LogP contribution in [-0.2, 0) is 9.59 Å². The Kier molecular flexibility index (Phi) is 3.91. The molecule has 92 valence electrons. The fourth-order valence-electron chi connectivity index (χ4n) is 1.72. The van der Waals surface area contributed by atoms with E-state index in [9.17, 15) is 9.59 Å². The van der Waals surface area contributed by atoms with Gasteiger partial charge in [0, 0.05) is 12.1 Å². The fourth-order valence-corrected chi connectivity index (χ4v) is 1.72. The van der Waals surface area contributed by atoms with Gasteiger partial charge in [-0.25, -0.2) is 0 Å². The van der Waals surface area contributed by atoms with Gasteiger partial charge < -0.3 is 15.5 Å². The molecule has 16 heavy (non-hydrogen) atoms. The lowest BCUT2D eigenvalue weighted by Gasteiger charge is -2.29. The molecule has 0 aromatic carbocycles. The molecule has 0 aromatic heterocycles. The summed E-state index contributed by atoms with van der Waals surface area (Å²) in [5, 5.41) is 20.4. The molecule has 1 amide bonds. The summed E-state index contributed by atoms with van der Waals surface area (Å²) in [5.41, 5.74) is -0.433. The molecule has 0 heterocycles. The van der Waals surface area contributed by atoms with E-state index in [1.54, 1.807) is 0 Å². The van der Waals surface area contributed by atoms with Gasteiger partial charge in [-0.1, -0.05) is 6.92 Å². The first-order valence-electron chi connectivity index (χ1n) is 5.59. The van der Waals surface area contributed by atoms with Crippen LogP contribution in [0.3, 0.4) is 0 Å². The molecule has 0 radical (unpaired) electrons. The number of aliphatic hydroxyl groups excluding tert-OH is 1. The average Bonchev–Trinajstić information content (AvgIpc) is 2.97. The molecule has 3 unspecified atom stereocenters. The van der Waals surface area contributed by atoms with E-state index in [2.05, 4.69) is 5.32 Å². The maximum atomic E-state index is 11.7. The van der Waals surface area contributed by atoms with Crippen molar-refractivity contribution in [2.75, 3.05) is 6.61 Å². The predicted octanol–water partition coefficient (Wildman–Crippen LogP) is 0.374. The monoisotopic (exact) mass is 229 g/mol. The third kappa shape index (κ3) is 2.95. The molecule has 3 N–H and O–H groups in total. The Morgan fingerprint density at radius 1 is 1.44 bits per heavy atom. The molecule has 1 fully saturated rings. The second-order valence-electron chi connectivity index (χ2n) is 4.66. The molecule has 0 aliphatic heterocycles. The third-order valence-electron chi connectivity index (χ3n) is 3.31. The smallest absolute Gasteiger partial charge is 0.307 e. The topological polar surface area (TPSA) is 86.6 Å². The molecule has 5 nitrogen and oxygen atoms in total. The number of carboxylic acid groups (broad SMARTS) is 1. The van der Waals surface area contributed by atoms with E-state index in [-0.39, 0.29) is 18.4 Å². The van der Waals surface area contributed by atoms with Crippen molar-refractivity contribution in [1.82, 2.24) is 5.32 Å². The molecule has 1 aliphatic carbocycles. The molecule has 0 aromatic rings. The van der Waals surface area contributed by atoms with Crippen LogP contribution < -0.4 is 5.32 Å². The number of rotatable bonds is 6. The highest BCUT2D eigenvalue weighted by Gasteiger charge is 2.49. The number of amides is 1. The third-order valence-corrected chi connectivity index (χ3v) is 3.31. The minimum absolute atomic E-state index is 0.0116. The average molecular weight is 229 g/mol. The SMILES string of the molecule is CCC(C)(CCO)NC(=O)C1CC1C(=O)O. The first-order valence-corrected chi connectivity index (χ1v) is 5.59. The van der Waals surface area contributed by atoms with Gasteiger partial charge in [0.15, 0.2) is 0 Å². The zero-order valence-corrected chi connectivity index (χ0v) is 9.69. The number of aliphatic hydroxyl groups is 1. The van der Waals surface area contributed by atoms with Gasteiger partial charge in [0.05, 0.1) is 11.8 Å². The largest absolute Gasteiger partial charge is 0.481 e. The Balaban J connectivity index is 2.48. The maximum Gasteiger partial charge on any atom is 0.307 e. The first kappa shape index (κ1) is 13.0. The molecule has 3 atom stereocenters. The van der Waals surface area contributed by atoms with Crippen LogP contribution in [0.2, 0.25) is 0 Å². The van der Waals surface area contributed by atoms with E-state index in [0.717, 1.165) is 0 Å². The molecule has 0 spiro atoms. The summed E-state index contributed by atoms with van der Waals surface area (Å²) in [6.07, 6.45) is 1.63. The van der Waals surface area contributed by atoms with Crippen molar-refractivity contribution < 1.29 is 19.8 Å². The van der Waals surface area contributed by atoms with Gasteiger partial charge in [0.1, 0.15) is 0 Å². The van der Waals surface area contributed by atoms with Crippen molar-refractivity contribution in [3.05, 3.63) is 0 Å². The van der Waals surface area contributed by atoms with E-state index in [0.29, 0.717) is 19.3 Å². The molecule has 1 saturated carbocycles. The van der Waals surface area contributed by atoms with Gasteiger partial charge in [-0.05, 0) is 26.2 Å². The minimum atomic E-state index is -0.902. The Hall–Kier alpha value is -1.10. The number of hydrogen-bond donors (Lipinski definition) is 3. The summed E-state index contributed by atoms with van der Waals surface area (Å²) in [7, 11) is 0. The highest BCUT2D eigenvalue weighted by atomic mass is 16.4. The summed E-state index contributed by atoms with van der Waals surface area (Å²) in [5.74, 6) is -2.01. The van der Waals surface area contributed by atoms with Crippen LogP contribution in [0.1, 0.15) is 33.1 Å². The normalized spacial score (nSPS) is 26.9. The Bertz CT molecular complexity index is 292. The number of aliphatic carboxylic acids is 1. The highest BCUT2D eigenvalue weighted by Crippen LogP contribution is 2.39. The second kappa shape index (κ2) is 4.82. The van der Waals surface area contributed by atoms with Gasteiger partial charge in [-0.15, -0.1) is 0 Å². The van der Waals surface area contributed by atoms with Gasteiger partial charge in [-0.2, -0.15) is 0 Å². The molecule has 0 bridgehead atoms. The van der Waals surface area contributed by atoms with Crippen molar-refractivity contribution in [3.8, 4) is 0 Å². The summed E-state index contributed by atoms with van der Waals surface area (Å²) < 4.78 is 0. The standard InChI is InChI=1S/C11H19NO4/c1-3-11(2,4-5-13)12-9(14)7-6-8(7)10(15)16/h7-8,13H,3-6H2,1-2H3,(H,12,14)(H,15,16).